The second kappa shape index (κ2) is 7.07. The van der Waals surface area contributed by atoms with E-state index in [9.17, 15) is 4.79 Å². The first kappa shape index (κ1) is 17.0. The van der Waals surface area contributed by atoms with Crippen molar-refractivity contribution in [3.63, 3.8) is 0 Å². The summed E-state index contributed by atoms with van der Waals surface area (Å²) in [6.45, 7) is 1.30. The monoisotopic (exact) mass is 385 g/mol. The van der Waals surface area contributed by atoms with Gasteiger partial charge in [0.25, 0.3) is 5.56 Å². The lowest BCUT2D eigenvalue weighted by Gasteiger charge is -2.08. The summed E-state index contributed by atoms with van der Waals surface area (Å²) >= 11 is 7.36. The molecule has 1 N–H and O–H groups in total. The summed E-state index contributed by atoms with van der Waals surface area (Å²) in [6.07, 6.45) is 3.55. The molecule has 0 bridgehead atoms. The Morgan fingerprint density at radius 3 is 2.81 bits per heavy atom. The molecular weight excluding hydrogens is 370 g/mol. The van der Waals surface area contributed by atoms with E-state index in [2.05, 4.69) is 10.3 Å². The molecule has 3 aromatic heterocycles. The highest BCUT2D eigenvalue weighted by Crippen LogP contribution is 2.35. The van der Waals surface area contributed by atoms with Crippen molar-refractivity contribution in [2.75, 3.05) is 25.6 Å². The van der Waals surface area contributed by atoms with Crippen LogP contribution >= 0.6 is 22.9 Å². The van der Waals surface area contributed by atoms with Crippen molar-refractivity contribution in [1.82, 2.24) is 9.55 Å². The van der Waals surface area contributed by atoms with E-state index in [0.717, 1.165) is 27.0 Å². The van der Waals surface area contributed by atoms with E-state index in [4.69, 9.17) is 16.3 Å². The van der Waals surface area contributed by atoms with Crippen molar-refractivity contribution in [2.24, 2.45) is 0 Å². The van der Waals surface area contributed by atoms with Crippen LogP contribution < -0.4 is 10.9 Å². The molecule has 3 heterocycles. The van der Waals surface area contributed by atoms with E-state index < -0.39 is 0 Å². The minimum absolute atomic E-state index is 0.0596. The first-order valence-electron chi connectivity index (χ1n) is 8.10. The zero-order valence-corrected chi connectivity index (χ0v) is 15.6. The van der Waals surface area contributed by atoms with E-state index in [-0.39, 0.29) is 5.56 Å². The van der Waals surface area contributed by atoms with Gasteiger partial charge in [-0.15, -0.1) is 11.3 Å². The van der Waals surface area contributed by atoms with Crippen LogP contribution in [0.1, 0.15) is 0 Å². The number of ether oxygens (including phenoxy) is 1. The fourth-order valence-electron chi connectivity index (χ4n) is 2.93. The molecule has 5 nitrogen and oxygen atoms in total. The minimum atomic E-state index is -0.0596. The number of hydrogen-bond acceptors (Lipinski definition) is 5. The molecule has 0 aliphatic carbocycles. The molecule has 26 heavy (non-hydrogen) atoms. The SMILES string of the molecule is COCCNc1ccnc2sc3c(=O)n(-c4ccc(Cl)cc4)ccc3c12. The van der Waals surface area contributed by atoms with Gasteiger partial charge in [0, 0.05) is 53.2 Å². The third kappa shape index (κ3) is 2.96. The summed E-state index contributed by atoms with van der Waals surface area (Å²) in [5.74, 6) is 0. The van der Waals surface area contributed by atoms with Crippen LogP contribution in [0.15, 0.2) is 53.6 Å². The van der Waals surface area contributed by atoms with Gasteiger partial charge in [0.2, 0.25) is 0 Å². The number of benzene rings is 1. The van der Waals surface area contributed by atoms with E-state index in [0.29, 0.717) is 22.9 Å². The Kier molecular flexibility index (Phi) is 4.63. The van der Waals surface area contributed by atoms with Gasteiger partial charge >= 0.3 is 0 Å². The predicted molar refractivity (Wildman–Crippen MR) is 108 cm³/mol. The van der Waals surface area contributed by atoms with Crippen molar-refractivity contribution in [3.8, 4) is 5.69 Å². The lowest BCUT2D eigenvalue weighted by atomic mass is 10.2. The second-order valence-electron chi connectivity index (χ2n) is 5.77. The maximum atomic E-state index is 13.0. The smallest absolute Gasteiger partial charge is 0.273 e. The number of thiophene rings is 1. The number of aromatic nitrogens is 2. The van der Waals surface area contributed by atoms with Crippen LogP contribution in [0.5, 0.6) is 0 Å². The number of nitrogens with one attached hydrogen (secondary N) is 1. The van der Waals surface area contributed by atoms with Crippen LogP contribution in [0.25, 0.3) is 26.0 Å². The topological polar surface area (TPSA) is 56.1 Å². The van der Waals surface area contributed by atoms with Gasteiger partial charge in [-0.05, 0) is 36.4 Å². The molecule has 4 rings (SSSR count). The fourth-order valence-corrected chi connectivity index (χ4v) is 4.15. The van der Waals surface area contributed by atoms with Gasteiger partial charge < -0.3 is 10.1 Å². The lowest BCUT2D eigenvalue weighted by molar-refractivity contribution is 0.211. The number of halogens is 1. The molecule has 0 atom stereocenters. The van der Waals surface area contributed by atoms with Gasteiger partial charge in [-0.1, -0.05) is 11.6 Å². The number of hydrogen-bond donors (Lipinski definition) is 1. The van der Waals surface area contributed by atoms with E-state index in [1.54, 1.807) is 36.2 Å². The maximum Gasteiger partial charge on any atom is 0.273 e. The Morgan fingerprint density at radius 2 is 2.04 bits per heavy atom. The highest BCUT2D eigenvalue weighted by atomic mass is 35.5. The van der Waals surface area contributed by atoms with Crippen molar-refractivity contribution in [3.05, 3.63) is 64.2 Å². The maximum absolute atomic E-state index is 13.0. The zero-order valence-electron chi connectivity index (χ0n) is 14.0. The van der Waals surface area contributed by atoms with Gasteiger partial charge in [-0.2, -0.15) is 0 Å². The molecule has 0 saturated heterocycles. The third-order valence-electron chi connectivity index (χ3n) is 4.16. The number of fused-ring (bicyclic) bond motifs is 3. The zero-order chi connectivity index (χ0) is 18.1. The van der Waals surface area contributed by atoms with Crippen LogP contribution in [0.2, 0.25) is 5.02 Å². The molecule has 0 saturated carbocycles. The largest absolute Gasteiger partial charge is 0.383 e. The predicted octanol–water partition coefficient (Wildman–Crippen LogP) is 4.31. The molecule has 7 heteroatoms. The fraction of sp³-hybridized carbons (Fsp3) is 0.158. The number of anilines is 1. The Balaban J connectivity index is 1.88. The lowest BCUT2D eigenvalue weighted by Crippen LogP contribution is -2.16. The van der Waals surface area contributed by atoms with E-state index in [1.165, 1.54) is 11.3 Å². The molecule has 0 unspecified atom stereocenters. The molecule has 4 aromatic rings. The molecule has 0 spiro atoms. The molecule has 0 amide bonds. The molecule has 0 aliphatic heterocycles. The molecule has 0 fully saturated rings. The Labute approximate surface area is 158 Å². The highest BCUT2D eigenvalue weighted by molar-refractivity contribution is 7.25. The average Bonchev–Trinajstić information content (AvgIpc) is 3.04. The number of rotatable bonds is 5. The van der Waals surface area contributed by atoms with Gasteiger partial charge in [0.1, 0.15) is 9.53 Å². The minimum Gasteiger partial charge on any atom is -0.383 e. The van der Waals surface area contributed by atoms with Crippen molar-refractivity contribution < 1.29 is 4.74 Å². The second-order valence-corrected chi connectivity index (χ2v) is 7.21. The summed E-state index contributed by atoms with van der Waals surface area (Å²) in [7, 11) is 1.67. The van der Waals surface area contributed by atoms with Crippen molar-refractivity contribution in [2.45, 2.75) is 0 Å². The summed E-state index contributed by atoms with van der Waals surface area (Å²) in [5.41, 5.74) is 1.68. The normalized spacial score (nSPS) is 11.3. The molecule has 1 aromatic carbocycles. The van der Waals surface area contributed by atoms with Gasteiger partial charge in [-0.25, -0.2) is 4.98 Å². The van der Waals surface area contributed by atoms with Crippen LogP contribution in [-0.2, 0) is 4.74 Å². The van der Waals surface area contributed by atoms with Crippen LogP contribution in [0.3, 0.4) is 0 Å². The summed E-state index contributed by atoms with van der Waals surface area (Å²) < 4.78 is 7.42. The molecule has 0 radical (unpaired) electrons. The number of pyridine rings is 2. The van der Waals surface area contributed by atoms with Crippen molar-refractivity contribution in [1.29, 1.82) is 0 Å². The summed E-state index contributed by atoms with van der Waals surface area (Å²) in [5, 5.41) is 5.88. The number of methoxy groups -OCH3 is 1. The van der Waals surface area contributed by atoms with Crippen LogP contribution in [-0.4, -0.2) is 29.8 Å². The van der Waals surface area contributed by atoms with Gasteiger partial charge in [0.15, 0.2) is 0 Å². The quantitative estimate of drug-likeness (QED) is 0.520. The first-order valence-corrected chi connectivity index (χ1v) is 9.30. The van der Waals surface area contributed by atoms with Gasteiger partial charge in [0.05, 0.1) is 6.61 Å². The van der Waals surface area contributed by atoms with Crippen LogP contribution in [0.4, 0.5) is 5.69 Å². The average molecular weight is 386 g/mol. The van der Waals surface area contributed by atoms with E-state index in [1.807, 2.05) is 24.3 Å². The highest BCUT2D eigenvalue weighted by Gasteiger charge is 2.14. The third-order valence-corrected chi connectivity index (χ3v) is 5.51. The Bertz CT molecular complexity index is 1140. The molecular formula is C19H16ClN3O2S. The Hall–Kier alpha value is -2.41. The standard InChI is InChI=1S/C19H16ClN3O2S/c1-25-11-9-21-15-6-8-22-18-16(15)14-7-10-23(19(24)17(14)26-18)13-4-2-12(20)3-5-13/h2-8,10H,9,11H2,1H3,(H,21,22). The summed E-state index contributed by atoms with van der Waals surface area (Å²) in [4.78, 5) is 18.3. The van der Waals surface area contributed by atoms with Crippen molar-refractivity contribution >= 4 is 48.9 Å². The first-order chi connectivity index (χ1) is 12.7. The number of nitrogens with zero attached hydrogens (tertiary/aromatic N) is 2. The van der Waals surface area contributed by atoms with E-state index >= 15 is 0 Å². The van der Waals surface area contributed by atoms with Gasteiger partial charge in [-0.3, -0.25) is 9.36 Å². The Morgan fingerprint density at radius 1 is 1.23 bits per heavy atom. The molecule has 0 aliphatic rings. The van der Waals surface area contributed by atoms with Crippen LogP contribution in [0, 0.1) is 0 Å². The molecule has 132 valence electrons. The summed E-state index contributed by atoms with van der Waals surface area (Å²) in [6, 6.07) is 11.1.